The van der Waals surface area contributed by atoms with Crippen molar-refractivity contribution in [1.29, 1.82) is 0 Å². The Kier molecular flexibility index (Phi) is 4.53. The van der Waals surface area contributed by atoms with Crippen LogP contribution in [-0.4, -0.2) is 0 Å². The van der Waals surface area contributed by atoms with E-state index in [1.165, 1.54) is 22.3 Å². The third-order valence-electron chi connectivity index (χ3n) is 5.54. The van der Waals surface area contributed by atoms with Gasteiger partial charge in [0.25, 0.3) is 0 Å². The zero-order valence-corrected chi connectivity index (χ0v) is 16.1. The van der Waals surface area contributed by atoms with Crippen molar-refractivity contribution >= 4 is 11.4 Å². The minimum absolute atomic E-state index is 0.102. The highest BCUT2D eigenvalue weighted by atomic mass is 14.5. The van der Waals surface area contributed by atoms with Crippen molar-refractivity contribution < 1.29 is 0 Å². The molecule has 0 fully saturated rings. The number of anilines is 2. The van der Waals surface area contributed by atoms with Crippen LogP contribution >= 0.6 is 0 Å². The molecule has 0 spiro atoms. The predicted octanol–water partition coefficient (Wildman–Crippen LogP) is 5.50. The van der Waals surface area contributed by atoms with E-state index in [1.54, 1.807) is 0 Å². The van der Waals surface area contributed by atoms with Crippen LogP contribution in [-0.2, 0) is 10.8 Å². The molecule has 0 amide bonds. The van der Waals surface area contributed by atoms with Gasteiger partial charge in [-0.05, 0) is 46.5 Å². The van der Waals surface area contributed by atoms with Crippen molar-refractivity contribution in [1.82, 2.24) is 0 Å². The number of nitrogen functional groups attached to an aromatic ring is 2. The summed E-state index contributed by atoms with van der Waals surface area (Å²) in [7, 11) is 0. The molecule has 0 heterocycles. The van der Waals surface area contributed by atoms with Crippen molar-refractivity contribution in [3.05, 3.63) is 95.1 Å². The highest BCUT2D eigenvalue weighted by Gasteiger charge is 2.26. The topological polar surface area (TPSA) is 52.0 Å². The maximum atomic E-state index is 5.98. The van der Waals surface area contributed by atoms with Crippen LogP contribution in [0.1, 0.15) is 49.9 Å². The summed E-state index contributed by atoms with van der Waals surface area (Å²) in [5, 5.41) is 0. The summed E-state index contributed by atoms with van der Waals surface area (Å²) in [6.45, 7) is 8.94. The van der Waals surface area contributed by atoms with Gasteiger partial charge in [-0.2, -0.15) is 0 Å². The van der Waals surface area contributed by atoms with E-state index >= 15 is 0 Å². The molecule has 3 aromatic rings. The van der Waals surface area contributed by atoms with Gasteiger partial charge in [0.05, 0.1) is 0 Å². The molecule has 3 aromatic carbocycles. The van der Waals surface area contributed by atoms with Crippen LogP contribution in [0.4, 0.5) is 11.4 Å². The van der Waals surface area contributed by atoms with E-state index in [1.807, 2.05) is 24.3 Å². The summed E-state index contributed by atoms with van der Waals surface area (Å²) >= 11 is 0. The number of hydrogen-bond donors (Lipinski definition) is 2. The Morgan fingerprint density at radius 1 is 0.500 bits per heavy atom. The van der Waals surface area contributed by atoms with Crippen molar-refractivity contribution in [2.45, 2.75) is 38.5 Å². The van der Waals surface area contributed by atoms with E-state index in [2.05, 4.69) is 76.2 Å². The maximum absolute atomic E-state index is 5.98. The summed E-state index contributed by atoms with van der Waals surface area (Å²) in [5.41, 5.74) is 18.4. The fourth-order valence-corrected chi connectivity index (χ4v) is 3.49. The largest absolute Gasteiger partial charge is 0.399 e. The molecular weight excluding hydrogens is 316 g/mol. The third kappa shape index (κ3) is 3.32. The predicted molar refractivity (Wildman–Crippen MR) is 112 cm³/mol. The first-order valence-electron chi connectivity index (χ1n) is 9.04. The summed E-state index contributed by atoms with van der Waals surface area (Å²) in [6, 6.07) is 25.2. The molecule has 0 saturated carbocycles. The molecule has 134 valence electrons. The first kappa shape index (κ1) is 18.1. The van der Waals surface area contributed by atoms with E-state index < -0.39 is 0 Å². The maximum Gasteiger partial charge on any atom is 0.0317 e. The van der Waals surface area contributed by atoms with Gasteiger partial charge in [0, 0.05) is 22.2 Å². The van der Waals surface area contributed by atoms with Gasteiger partial charge in [-0.3, -0.25) is 0 Å². The molecule has 0 saturated heterocycles. The molecule has 0 radical (unpaired) electrons. The molecule has 0 aliphatic carbocycles. The Labute approximate surface area is 156 Å². The van der Waals surface area contributed by atoms with Crippen LogP contribution < -0.4 is 11.5 Å². The zero-order chi connectivity index (χ0) is 18.9. The van der Waals surface area contributed by atoms with E-state index in [4.69, 9.17) is 11.5 Å². The van der Waals surface area contributed by atoms with Crippen molar-refractivity contribution in [2.75, 3.05) is 11.5 Å². The summed E-state index contributed by atoms with van der Waals surface area (Å²) in [5.74, 6) is 0. The second-order valence-electron chi connectivity index (χ2n) is 8.08. The lowest BCUT2D eigenvalue weighted by molar-refractivity contribution is 0.627. The van der Waals surface area contributed by atoms with Crippen LogP contribution in [0.3, 0.4) is 0 Å². The summed E-state index contributed by atoms with van der Waals surface area (Å²) < 4.78 is 0. The van der Waals surface area contributed by atoms with Crippen LogP contribution in [0.15, 0.2) is 72.8 Å². The minimum atomic E-state index is -0.102. The van der Waals surface area contributed by atoms with Crippen molar-refractivity contribution in [2.24, 2.45) is 0 Å². The Bertz CT molecular complexity index is 829. The van der Waals surface area contributed by atoms with Gasteiger partial charge < -0.3 is 11.5 Å². The van der Waals surface area contributed by atoms with Crippen LogP contribution in [0, 0.1) is 0 Å². The highest BCUT2D eigenvalue weighted by molar-refractivity contribution is 5.50. The second-order valence-corrected chi connectivity index (χ2v) is 8.08. The molecule has 26 heavy (non-hydrogen) atoms. The van der Waals surface area contributed by atoms with E-state index in [-0.39, 0.29) is 10.8 Å². The second kappa shape index (κ2) is 6.53. The molecular formula is C24H28N2. The molecule has 4 N–H and O–H groups in total. The van der Waals surface area contributed by atoms with Crippen molar-refractivity contribution in [3.8, 4) is 0 Å². The van der Waals surface area contributed by atoms with Crippen LogP contribution in [0.5, 0.6) is 0 Å². The summed E-state index contributed by atoms with van der Waals surface area (Å²) in [6.07, 6.45) is 0. The lowest BCUT2D eigenvalue weighted by Crippen LogP contribution is -2.21. The first-order valence-corrected chi connectivity index (χ1v) is 9.04. The smallest absolute Gasteiger partial charge is 0.0317 e. The van der Waals surface area contributed by atoms with E-state index in [0.29, 0.717) is 0 Å². The van der Waals surface area contributed by atoms with E-state index in [9.17, 15) is 0 Å². The van der Waals surface area contributed by atoms with Gasteiger partial charge in [-0.1, -0.05) is 76.2 Å². The van der Waals surface area contributed by atoms with Crippen LogP contribution in [0.2, 0.25) is 0 Å². The lowest BCUT2D eigenvalue weighted by atomic mass is 9.74. The molecule has 0 aliphatic heterocycles. The number of nitrogens with two attached hydrogens (primary N) is 2. The van der Waals surface area contributed by atoms with Gasteiger partial charge in [0.2, 0.25) is 0 Å². The fraction of sp³-hybridized carbons (Fsp3) is 0.250. The zero-order valence-electron chi connectivity index (χ0n) is 16.1. The average Bonchev–Trinajstić information content (AvgIpc) is 2.62. The quantitative estimate of drug-likeness (QED) is 0.614. The Morgan fingerprint density at radius 3 is 1.15 bits per heavy atom. The number of rotatable bonds is 4. The first-order chi connectivity index (χ1) is 12.2. The van der Waals surface area contributed by atoms with Crippen molar-refractivity contribution in [3.63, 3.8) is 0 Å². The van der Waals surface area contributed by atoms with E-state index in [0.717, 1.165) is 11.4 Å². The monoisotopic (exact) mass is 344 g/mol. The fourth-order valence-electron chi connectivity index (χ4n) is 3.49. The highest BCUT2D eigenvalue weighted by Crippen LogP contribution is 2.36. The van der Waals surface area contributed by atoms with Gasteiger partial charge in [0.15, 0.2) is 0 Å². The molecule has 0 unspecified atom stereocenters. The van der Waals surface area contributed by atoms with Gasteiger partial charge in [-0.15, -0.1) is 0 Å². The number of benzene rings is 3. The molecule has 0 aliphatic rings. The SMILES string of the molecule is CC(C)(c1ccc(C(C)(C)c2cccc(N)c2)cc1)c1cccc(N)c1. The molecule has 3 rings (SSSR count). The van der Waals surface area contributed by atoms with Gasteiger partial charge in [0.1, 0.15) is 0 Å². The number of hydrogen-bond acceptors (Lipinski definition) is 2. The standard InChI is InChI=1S/C24H28N2/c1-23(2,19-7-5-9-21(25)15-19)17-11-13-18(14-12-17)24(3,4)20-8-6-10-22(26)16-20/h5-16H,25-26H2,1-4H3. The molecule has 0 atom stereocenters. The molecule has 0 aromatic heterocycles. The lowest BCUT2D eigenvalue weighted by Gasteiger charge is -2.29. The third-order valence-corrected chi connectivity index (χ3v) is 5.54. The minimum Gasteiger partial charge on any atom is -0.399 e. The molecule has 0 bridgehead atoms. The summed E-state index contributed by atoms with van der Waals surface area (Å²) in [4.78, 5) is 0. The van der Waals surface area contributed by atoms with Gasteiger partial charge >= 0.3 is 0 Å². The van der Waals surface area contributed by atoms with Gasteiger partial charge in [-0.25, -0.2) is 0 Å². The Balaban J connectivity index is 1.95. The molecule has 2 heteroatoms. The Hall–Kier alpha value is -2.74. The Morgan fingerprint density at radius 2 is 0.846 bits per heavy atom. The normalized spacial score (nSPS) is 12.2. The molecule has 2 nitrogen and oxygen atoms in total. The average molecular weight is 345 g/mol. The van der Waals surface area contributed by atoms with Crippen LogP contribution in [0.25, 0.3) is 0 Å².